The summed E-state index contributed by atoms with van der Waals surface area (Å²) in [6, 6.07) is 8.26. The Morgan fingerprint density at radius 3 is 2.58 bits per heavy atom. The lowest BCUT2D eigenvalue weighted by molar-refractivity contribution is 0.0179. The first kappa shape index (κ1) is 23.4. The maximum absolute atomic E-state index is 6.05. The van der Waals surface area contributed by atoms with Crippen molar-refractivity contribution in [1.82, 2.24) is 15.5 Å². The lowest BCUT2D eigenvalue weighted by atomic mass is 10.0. The monoisotopic (exact) mass is 496 g/mol. The minimum absolute atomic E-state index is 0. The van der Waals surface area contributed by atoms with Crippen molar-refractivity contribution in [3.63, 3.8) is 0 Å². The van der Waals surface area contributed by atoms with Crippen molar-refractivity contribution in [3.05, 3.63) is 34.9 Å². The Kier molecular flexibility index (Phi) is 12.2. The van der Waals surface area contributed by atoms with Crippen LogP contribution < -0.4 is 10.6 Å². The molecule has 0 bridgehead atoms. The minimum atomic E-state index is 0. The van der Waals surface area contributed by atoms with Gasteiger partial charge in [0.15, 0.2) is 5.96 Å². The molecule has 1 aromatic rings. The molecule has 6 nitrogen and oxygen atoms in total. The number of benzene rings is 1. The summed E-state index contributed by atoms with van der Waals surface area (Å²) >= 11 is 6.05. The van der Waals surface area contributed by atoms with Crippen LogP contribution in [0.1, 0.15) is 18.5 Å². The van der Waals surface area contributed by atoms with Gasteiger partial charge in [-0.15, -0.1) is 24.0 Å². The number of methoxy groups -OCH3 is 1. The van der Waals surface area contributed by atoms with Crippen LogP contribution in [0.15, 0.2) is 29.3 Å². The summed E-state index contributed by atoms with van der Waals surface area (Å²) in [4.78, 5) is 7.21. The zero-order valence-electron chi connectivity index (χ0n) is 15.5. The van der Waals surface area contributed by atoms with E-state index in [1.165, 1.54) is 5.56 Å². The number of hydrogen-bond acceptors (Lipinski definition) is 4. The smallest absolute Gasteiger partial charge is 0.191 e. The van der Waals surface area contributed by atoms with Gasteiger partial charge in [-0.25, -0.2) is 0 Å². The number of rotatable bonds is 8. The molecule has 1 heterocycles. The molecule has 2 rings (SSSR count). The Morgan fingerprint density at radius 1 is 1.27 bits per heavy atom. The second-order valence-electron chi connectivity index (χ2n) is 5.85. The number of aliphatic imine (C=N–C) groups is 1. The minimum Gasteiger partial charge on any atom is -0.383 e. The van der Waals surface area contributed by atoms with E-state index in [1.54, 1.807) is 7.11 Å². The molecule has 26 heavy (non-hydrogen) atoms. The highest BCUT2D eigenvalue weighted by molar-refractivity contribution is 14.0. The predicted molar refractivity (Wildman–Crippen MR) is 118 cm³/mol. The molecule has 1 saturated heterocycles. The SMILES string of the molecule is CCNC(=NCC(c1ccc(Cl)cc1)N1CCOCC1)NCCOC.I. The average molecular weight is 497 g/mol. The van der Waals surface area contributed by atoms with E-state index in [2.05, 4.69) is 34.6 Å². The first-order chi connectivity index (χ1) is 12.2. The number of hydrogen-bond donors (Lipinski definition) is 2. The van der Waals surface area contributed by atoms with E-state index in [-0.39, 0.29) is 30.0 Å². The van der Waals surface area contributed by atoms with Gasteiger partial charge in [-0.3, -0.25) is 9.89 Å². The molecule has 2 N–H and O–H groups in total. The van der Waals surface area contributed by atoms with Crippen molar-refractivity contribution < 1.29 is 9.47 Å². The number of guanidine groups is 1. The van der Waals surface area contributed by atoms with Gasteiger partial charge < -0.3 is 20.1 Å². The summed E-state index contributed by atoms with van der Waals surface area (Å²) in [6.07, 6.45) is 0. The molecule has 0 aromatic heterocycles. The van der Waals surface area contributed by atoms with Crippen LogP contribution in [0.4, 0.5) is 0 Å². The van der Waals surface area contributed by atoms with Gasteiger partial charge in [0.2, 0.25) is 0 Å². The molecule has 0 saturated carbocycles. The summed E-state index contributed by atoms with van der Waals surface area (Å²) in [5.74, 6) is 0.812. The van der Waals surface area contributed by atoms with Crippen molar-refractivity contribution in [3.8, 4) is 0 Å². The first-order valence-corrected chi connectivity index (χ1v) is 9.20. The van der Waals surface area contributed by atoms with Crippen molar-refractivity contribution in [2.24, 2.45) is 4.99 Å². The lowest BCUT2D eigenvalue weighted by Gasteiger charge is -2.34. The molecule has 1 fully saturated rings. The normalized spacial score (nSPS) is 16.7. The fourth-order valence-corrected chi connectivity index (χ4v) is 2.92. The van der Waals surface area contributed by atoms with E-state index < -0.39 is 0 Å². The summed E-state index contributed by atoms with van der Waals surface area (Å²) < 4.78 is 10.6. The lowest BCUT2D eigenvalue weighted by Crippen LogP contribution is -2.42. The topological polar surface area (TPSA) is 58.1 Å². The van der Waals surface area contributed by atoms with Crippen LogP contribution in [0.5, 0.6) is 0 Å². The fraction of sp³-hybridized carbons (Fsp3) is 0.611. The van der Waals surface area contributed by atoms with Gasteiger partial charge in [-0.1, -0.05) is 23.7 Å². The quantitative estimate of drug-likeness (QED) is 0.251. The Morgan fingerprint density at radius 2 is 1.96 bits per heavy atom. The third-order valence-electron chi connectivity index (χ3n) is 4.11. The number of halogens is 2. The summed E-state index contributed by atoms with van der Waals surface area (Å²) in [5.41, 5.74) is 1.22. The van der Waals surface area contributed by atoms with Crippen molar-refractivity contribution in [2.75, 3.05) is 59.7 Å². The standard InChI is InChI=1S/C18H29ClN4O2.HI/c1-3-20-18(21-8-11-24-2)22-14-17(23-9-12-25-13-10-23)15-4-6-16(19)7-5-15;/h4-7,17H,3,8-14H2,1-2H3,(H2,20,21,22);1H. The summed E-state index contributed by atoms with van der Waals surface area (Å²) in [6.45, 7) is 8.28. The van der Waals surface area contributed by atoms with Gasteiger partial charge >= 0.3 is 0 Å². The maximum atomic E-state index is 6.05. The average Bonchev–Trinajstić information content (AvgIpc) is 2.64. The molecule has 0 amide bonds. The highest BCUT2D eigenvalue weighted by Crippen LogP contribution is 2.24. The first-order valence-electron chi connectivity index (χ1n) is 8.83. The molecular formula is C18H30ClIN4O2. The molecule has 1 aromatic carbocycles. The van der Waals surface area contributed by atoms with Crippen LogP contribution >= 0.6 is 35.6 Å². The molecule has 0 aliphatic carbocycles. The van der Waals surface area contributed by atoms with Gasteiger partial charge in [0.1, 0.15) is 0 Å². The third-order valence-corrected chi connectivity index (χ3v) is 4.36. The second-order valence-corrected chi connectivity index (χ2v) is 6.29. The van der Waals surface area contributed by atoms with E-state index in [0.29, 0.717) is 13.2 Å². The summed E-state index contributed by atoms with van der Waals surface area (Å²) in [5, 5.41) is 7.32. The number of morpholine rings is 1. The Hall–Kier alpha value is -0.610. The molecule has 1 atom stereocenters. The highest BCUT2D eigenvalue weighted by atomic mass is 127. The molecule has 1 aliphatic heterocycles. The van der Waals surface area contributed by atoms with Crippen molar-refractivity contribution in [1.29, 1.82) is 0 Å². The largest absolute Gasteiger partial charge is 0.383 e. The van der Waals surface area contributed by atoms with Gasteiger partial charge in [0, 0.05) is 38.3 Å². The van der Waals surface area contributed by atoms with E-state index in [9.17, 15) is 0 Å². The van der Waals surface area contributed by atoms with E-state index in [4.69, 9.17) is 26.1 Å². The molecule has 1 unspecified atom stereocenters. The van der Waals surface area contributed by atoms with Gasteiger partial charge in [-0.05, 0) is 24.6 Å². The molecule has 1 aliphatic rings. The van der Waals surface area contributed by atoms with Crippen LogP contribution in [-0.4, -0.2) is 70.5 Å². The van der Waals surface area contributed by atoms with E-state index in [1.807, 2.05) is 12.1 Å². The zero-order chi connectivity index (χ0) is 17.9. The van der Waals surface area contributed by atoms with E-state index >= 15 is 0 Å². The molecule has 148 valence electrons. The maximum Gasteiger partial charge on any atom is 0.191 e. The predicted octanol–water partition coefficient (Wildman–Crippen LogP) is 2.53. The van der Waals surface area contributed by atoms with Crippen LogP contribution in [0, 0.1) is 0 Å². The number of nitrogens with zero attached hydrogens (tertiary/aromatic N) is 2. The molecule has 8 heteroatoms. The van der Waals surface area contributed by atoms with E-state index in [0.717, 1.165) is 50.4 Å². The molecular weight excluding hydrogens is 467 g/mol. The number of nitrogens with one attached hydrogen (secondary N) is 2. The van der Waals surface area contributed by atoms with Gasteiger partial charge in [0.05, 0.1) is 32.4 Å². The number of ether oxygens (including phenoxy) is 2. The van der Waals surface area contributed by atoms with Crippen LogP contribution in [0.25, 0.3) is 0 Å². The van der Waals surface area contributed by atoms with Crippen molar-refractivity contribution >= 4 is 41.5 Å². The third kappa shape index (κ3) is 7.96. The summed E-state index contributed by atoms with van der Waals surface area (Å²) in [7, 11) is 1.70. The molecule has 0 spiro atoms. The fourth-order valence-electron chi connectivity index (χ4n) is 2.80. The van der Waals surface area contributed by atoms with Gasteiger partial charge in [-0.2, -0.15) is 0 Å². The van der Waals surface area contributed by atoms with Crippen LogP contribution in [0.2, 0.25) is 5.02 Å². The van der Waals surface area contributed by atoms with Crippen LogP contribution in [0.3, 0.4) is 0 Å². The highest BCUT2D eigenvalue weighted by Gasteiger charge is 2.22. The van der Waals surface area contributed by atoms with Crippen molar-refractivity contribution in [2.45, 2.75) is 13.0 Å². The van der Waals surface area contributed by atoms with Crippen LogP contribution in [-0.2, 0) is 9.47 Å². The Labute approximate surface area is 178 Å². The van der Waals surface area contributed by atoms with Gasteiger partial charge in [0.25, 0.3) is 0 Å². The molecule has 0 radical (unpaired) electrons. The zero-order valence-corrected chi connectivity index (χ0v) is 18.6. The second kappa shape index (κ2) is 13.5. The Balaban J connectivity index is 0.00000338. The Bertz CT molecular complexity index is 524.